The van der Waals surface area contributed by atoms with Gasteiger partial charge in [-0.05, 0) is 54.1 Å². The number of carbonyl (C=O) groups excluding carboxylic acids is 2. The van der Waals surface area contributed by atoms with Gasteiger partial charge in [0, 0.05) is 22.8 Å². The first-order valence-electron chi connectivity index (χ1n) is 9.01. The molecule has 1 aliphatic rings. The summed E-state index contributed by atoms with van der Waals surface area (Å²) in [5.41, 5.74) is 0.592. The van der Waals surface area contributed by atoms with Crippen LogP contribution in [0.3, 0.4) is 0 Å². The van der Waals surface area contributed by atoms with Gasteiger partial charge in [0.15, 0.2) is 0 Å². The van der Waals surface area contributed by atoms with E-state index in [1.807, 2.05) is 0 Å². The number of benzene rings is 3. The number of nitrogens with one attached hydrogen (secondary N) is 1. The van der Waals surface area contributed by atoms with E-state index in [2.05, 4.69) is 5.32 Å². The molecule has 0 aliphatic carbocycles. The smallest absolute Gasteiger partial charge is 0.282 e. The van der Waals surface area contributed by atoms with Crippen molar-refractivity contribution in [1.82, 2.24) is 0 Å². The first kappa shape index (κ1) is 20.2. The van der Waals surface area contributed by atoms with Crippen molar-refractivity contribution < 1.29 is 18.9 Å². The molecule has 0 saturated heterocycles. The molecule has 31 heavy (non-hydrogen) atoms. The Labute approximate surface area is 180 Å². The molecule has 1 N–H and O–H groups in total. The molecule has 0 unspecified atom stereocenters. The molecule has 0 spiro atoms. The molecule has 1 heterocycles. The lowest BCUT2D eigenvalue weighted by atomic mass is 10.0. The first-order valence-corrected chi connectivity index (χ1v) is 9.39. The highest BCUT2D eigenvalue weighted by molar-refractivity contribution is 6.46. The van der Waals surface area contributed by atoms with Crippen LogP contribution in [0.4, 0.5) is 21.5 Å². The number of hydrogen-bond acceptors (Lipinski definition) is 5. The second-order valence-corrected chi connectivity index (χ2v) is 7.05. The molecule has 0 bridgehead atoms. The lowest BCUT2D eigenvalue weighted by Gasteiger charge is -2.15. The highest BCUT2D eigenvalue weighted by atomic mass is 35.5. The van der Waals surface area contributed by atoms with Crippen LogP contribution < -0.4 is 10.2 Å². The predicted molar refractivity (Wildman–Crippen MR) is 114 cm³/mol. The van der Waals surface area contributed by atoms with Crippen molar-refractivity contribution >= 4 is 46.1 Å². The molecule has 154 valence electrons. The fourth-order valence-electron chi connectivity index (χ4n) is 3.22. The maximum absolute atomic E-state index is 13.6. The summed E-state index contributed by atoms with van der Waals surface area (Å²) < 4.78 is 13.6. The van der Waals surface area contributed by atoms with E-state index in [4.69, 9.17) is 11.6 Å². The largest absolute Gasteiger partial charge is 0.350 e. The number of amides is 2. The number of rotatable bonds is 5. The molecule has 4 rings (SSSR count). The summed E-state index contributed by atoms with van der Waals surface area (Å²) >= 11 is 6.02. The van der Waals surface area contributed by atoms with Crippen LogP contribution in [0.5, 0.6) is 0 Å². The number of nitro groups is 1. The van der Waals surface area contributed by atoms with Gasteiger partial charge in [0.2, 0.25) is 0 Å². The van der Waals surface area contributed by atoms with E-state index in [0.29, 0.717) is 10.6 Å². The molecule has 0 radical (unpaired) electrons. The third kappa shape index (κ3) is 3.88. The highest BCUT2D eigenvalue weighted by Crippen LogP contribution is 2.35. The minimum atomic E-state index is -0.662. The molecule has 0 fully saturated rings. The summed E-state index contributed by atoms with van der Waals surface area (Å²) in [4.78, 5) is 37.8. The van der Waals surface area contributed by atoms with Gasteiger partial charge in [-0.15, -0.1) is 0 Å². The van der Waals surface area contributed by atoms with Gasteiger partial charge in [-0.2, -0.15) is 0 Å². The SMILES string of the molecule is O=C1C(Nc2cccc(F)c2)=C(c2ccc([N+](=O)[O-])cc2)C(=O)N1c1cccc(Cl)c1. The standard InChI is InChI=1S/C22H13ClFN3O4/c23-14-3-1-6-18(11-14)26-21(28)19(13-7-9-17(10-8-13)27(30)31)20(22(26)29)25-16-5-2-4-15(24)12-16/h1-12,25H. The van der Waals surface area contributed by atoms with E-state index < -0.39 is 22.6 Å². The number of non-ortho nitro benzene ring substituents is 1. The molecule has 7 nitrogen and oxygen atoms in total. The third-order valence-corrected chi connectivity index (χ3v) is 4.85. The van der Waals surface area contributed by atoms with Crippen molar-refractivity contribution in [3.05, 3.63) is 105 Å². The summed E-state index contributed by atoms with van der Waals surface area (Å²) in [5.74, 6) is -1.82. The number of anilines is 2. The Morgan fingerprint density at radius 2 is 1.65 bits per heavy atom. The predicted octanol–water partition coefficient (Wildman–Crippen LogP) is 4.78. The topological polar surface area (TPSA) is 92.5 Å². The number of carbonyl (C=O) groups is 2. The third-order valence-electron chi connectivity index (χ3n) is 4.61. The molecule has 0 aromatic heterocycles. The molecule has 0 atom stereocenters. The Balaban J connectivity index is 1.83. The van der Waals surface area contributed by atoms with Gasteiger partial charge in [-0.1, -0.05) is 23.7 Å². The average molecular weight is 438 g/mol. The van der Waals surface area contributed by atoms with Crippen LogP contribution in [0, 0.1) is 15.9 Å². The van der Waals surface area contributed by atoms with Gasteiger partial charge in [-0.3, -0.25) is 19.7 Å². The van der Waals surface area contributed by atoms with Gasteiger partial charge >= 0.3 is 0 Å². The van der Waals surface area contributed by atoms with E-state index in [1.54, 1.807) is 24.3 Å². The maximum Gasteiger partial charge on any atom is 0.282 e. The van der Waals surface area contributed by atoms with E-state index in [9.17, 15) is 24.1 Å². The van der Waals surface area contributed by atoms with E-state index in [0.717, 1.165) is 4.90 Å². The van der Waals surface area contributed by atoms with Crippen molar-refractivity contribution in [1.29, 1.82) is 0 Å². The van der Waals surface area contributed by atoms with Gasteiger partial charge < -0.3 is 5.32 Å². The second-order valence-electron chi connectivity index (χ2n) is 6.61. The Bertz CT molecular complexity index is 1260. The van der Waals surface area contributed by atoms with Crippen LogP contribution in [-0.2, 0) is 9.59 Å². The zero-order valence-electron chi connectivity index (χ0n) is 15.7. The zero-order chi connectivity index (χ0) is 22.1. The molecule has 0 saturated carbocycles. The van der Waals surface area contributed by atoms with Crippen molar-refractivity contribution in [2.24, 2.45) is 0 Å². The molecule has 1 aliphatic heterocycles. The number of halogens is 2. The minimum Gasteiger partial charge on any atom is -0.350 e. The van der Waals surface area contributed by atoms with Gasteiger partial charge in [0.05, 0.1) is 16.2 Å². The van der Waals surface area contributed by atoms with Crippen molar-refractivity contribution in [2.45, 2.75) is 0 Å². The van der Waals surface area contributed by atoms with E-state index in [1.165, 1.54) is 48.5 Å². The maximum atomic E-state index is 13.6. The Kier molecular flexibility index (Phi) is 5.22. The normalized spacial score (nSPS) is 13.7. The van der Waals surface area contributed by atoms with Crippen LogP contribution in [-0.4, -0.2) is 16.7 Å². The lowest BCUT2D eigenvalue weighted by Crippen LogP contribution is -2.32. The lowest BCUT2D eigenvalue weighted by molar-refractivity contribution is -0.384. The van der Waals surface area contributed by atoms with Gasteiger partial charge in [-0.25, -0.2) is 9.29 Å². The van der Waals surface area contributed by atoms with Crippen molar-refractivity contribution in [2.75, 3.05) is 10.2 Å². The first-order chi connectivity index (χ1) is 14.8. The highest BCUT2D eigenvalue weighted by Gasteiger charge is 2.40. The average Bonchev–Trinajstić information content (AvgIpc) is 2.97. The quantitative estimate of drug-likeness (QED) is 0.352. The second kappa shape index (κ2) is 8.00. The van der Waals surface area contributed by atoms with Crippen LogP contribution in [0.2, 0.25) is 5.02 Å². The summed E-state index contributed by atoms with van der Waals surface area (Å²) in [5, 5.41) is 14.1. The molecule has 3 aromatic carbocycles. The van der Waals surface area contributed by atoms with Gasteiger partial charge in [0.1, 0.15) is 11.5 Å². The zero-order valence-corrected chi connectivity index (χ0v) is 16.5. The molecule has 9 heteroatoms. The fourth-order valence-corrected chi connectivity index (χ4v) is 3.41. The van der Waals surface area contributed by atoms with Crippen molar-refractivity contribution in [3.8, 4) is 0 Å². The Morgan fingerprint density at radius 3 is 2.29 bits per heavy atom. The molecular weight excluding hydrogens is 425 g/mol. The monoisotopic (exact) mass is 437 g/mol. The Hall–Kier alpha value is -4.04. The van der Waals surface area contributed by atoms with Crippen LogP contribution in [0.15, 0.2) is 78.5 Å². The number of hydrogen-bond donors (Lipinski definition) is 1. The summed E-state index contributed by atoms with van der Waals surface area (Å²) in [6.07, 6.45) is 0. The van der Waals surface area contributed by atoms with Crippen LogP contribution in [0.25, 0.3) is 5.57 Å². The Morgan fingerprint density at radius 1 is 0.935 bits per heavy atom. The van der Waals surface area contributed by atoms with Crippen LogP contribution >= 0.6 is 11.6 Å². The fraction of sp³-hybridized carbons (Fsp3) is 0. The number of imide groups is 1. The summed E-state index contributed by atoms with van der Waals surface area (Å²) in [7, 11) is 0. The van der Waals surface area contributed by atoms with Crippen LogP contribution in [0.1, 0.15) is 5.56 Å². The minimum absolute atomic E-state index is 0.00383. The molecule has 2 amide bonds. The molecular formula is C22H13ClFN3O4. The number of nitrogens with zero attached hydrogens (tertiary/aromatic N) is 2. The summed E-state index contributed by atoms with van der Waals surface area (Å²) in [6, 6.07) is 16.9. The van der Waals surface area contributed by atoms with E-state index in [-0.39, 0.29) is 28.3 Å². The number of nitro benzene ring substituents is 1. The van der Waals surface area contributed by atoms with E-state index >= 15 is 0 Å². The van der Waals surface area contributed by atoms with Gasteiger partial charge in [0.25, 0.3) is 17.5 Å². The van der Waals surface area contributed by atoms with Crippen molar-refractivity contribution in [3.63, 3.8) is 0 Å². The molecule has 3 aromatic rings. The summed E-state index contributed by atoms with van der Waals surface area (Å²) in [6.45, 7) is 0.